The molecule has 0 aromatic carbocycles. The van der Waals surface area contributed by atoms with Gasteiger partial charge in [0, 0.05) is 6.54 Å². The van der Waals surface area contributed by atoms with Gasteiger partial charge in [0.05, 0.1) is 5.54 Å². The third-order valence-electron chi connectivity index (χ3n) is 2.59. The number of rotatable bonds is 10. The van der Waals surface area contributed by atoms with Crippen LogP contribution in [-0.4, -0.2) is 23.9 Å². The summed E-state index contributed by atoms with van der Waals surface area (Å²) in [5.74, 6) is -0.517. The van der Waals surface area contributed by atoms with E-state index >= 15 is 0 Å². The molecule has 0 atom stereocenters. The van der Waals surface area contributed by atoms with Gasteiger partial charge in [0.2, 0.25) is 11.8 Å². The Kier molecular flexibility index (Phi) is 8.43. The van der Waals surface area contributed by atoms with Crippen molar-refractivity contribution in [1.82, 2.24) is 10.6 Å². The van der Waals surface area contributed by atoms with E-state index in [4.69, 9.17) is 0 Å². The molecular formula is C16H22N2O2. The Balaban J connectivity index is 4.91. The minimum atomic E-state index is -0.603. The SMILES string of the molecule is C=CCC(/C=C/CNC(=O)C=C)(CC=C)NC(=O)C=C. The van der Waals surface area contributed by atoms with Crippen LogP contribution in [0.2, 0.25) is 0 Å². The van der Waals surface area contributed by atoms with Gasteiger partial charge in [0.15, 0.2) is 0 Å². The largest absolute Gasteiger partial charge is 0.349 e. The zero-order valence-corrected chi connectivity index (χ0v) is 11.7. The van der Waals surface area contributed by atoms with Crippen molar-refractivity contribution in [3.05, 3.63) is 62.8 Å². The topological polar surface area (TPSA) is 58.2 Å². The third-order valence-corrected chi connectivity index (χ3v) is 2.59. The molecule has 0 fully saturated rings. The fourth-order valence-corrected chi connectivity index (χ4v) is 1.69. The number of carbonyl (C=O) groups is 2. The first-order valence-corrected chi connectivity index (χ1v) is 6.28. The van der Waals surface area contributed by atoms with E-state index in [0.717, 1.165) is 0 Å². The van der Waals surface area contributed by atoms with E-state index in [1.165, 1.54) is 12.2 Å². The van der Waals surface area contributed by atoms with E-state index in [2.05, 4.69) is 36.9 Å². The number of hydrogen-bond donors (Lipinski definition) is 2. The Morgan fingerprint density at radius 2 is 1.50 bits per heavy atom. The molecule has 2 N–H and O–H groups in total. The predicted molar refractivity (Wildman–Crippen MR) is 83.0 cm³/mol. The normalized spacial score (nSPS) is 10.6. The molecule has 0 saturated heterocycles. The molecule has 0 aliphatic carbocycles. The maximum atomic E-state index is 11.5. The van der Waals surface area contributed by atoms with Crippen LogP contribution in [0.5, 0.6) is 0 Å². The quantitative estimate of drug-likeness (QED) is 0.473. The molecule has 108 valence electrons. The second kappa shape index (κ2) is 9.55. The Morgan fingerprint density at radius 3 is 1.95 bits per heavy atom. The smallest absolute Gasteiger partial charge is 0.244 e. The zero-order valence-electron chi connectivity index (χ0n) is 11.7. The lowest BCUT2D eigenvalue weighted by atomic mass is 9.90. The van der Waals surface area contributed by atoms with Crippen molar-refractivity contribution in [2.45, 2.75) is 18.4 Å². The molecule has 0 aromatic rings. The molecule has 4 nitrogen and oxygen atoms in total. The van der Waals surface area contributed by atoms with E-state index in [1.807, 2.05) is 6.08 Å². The Hall–Kier alpha value is -2.36. The number of hydrogen-bond acceptors (Lipinski definition) is 2. The van der Waals surface area contributed by atoms with Crippen LogP contribution in [0.15, 0.2) is 62.8 Å². The fourth-order valence-electron chi connectivity index (χ4n) is 1.69. The van der Waals surface area contributed by atoms with Gasteiger partial charge in [0.25, 0.3) is 0 Å². The predicted octanol–water partition coefficient (Wildman–Crippen LogP) is 2.04. The lowest BCUT2D eigenvalue weighted by molar-refractivity contribution is -0.118. The van der Waals surface area contributed by atoms with Gasteiger partial charge in [-0.1, -0.05) is 37.5 Å². The maximum absolute atomic E-state index is 11.5. The van der Waals surface area contributed by atoms with E-state index < -0.39 is 5.54 Å². The van der Waals surface area contributed by atoms with Crippen LogP contribution in [0, 0.1) is 0 Å². The molecule has 0 unspecified atom stereocenters. The summed E-state index contributed by atoms with van der Waals surface area (Å²) in [6, 6.07) is 0. The first-order valence-electron chi connectivity index (χ1n) is 6.28. The van der Waals surface area contributed by atoms with Gasteiger partial charge >= 0.3 is 0 Å². The lowest BCUT2D eigenvalue weighted by Gasteiger charge is -2.29. The van der Waals surface area contributed by atoms with Crippen molar-refractivity contribution in [2.75, 3.05) is 6.54 Å². The van der Waals surface area contributed by atoms with Crippen molar-refractivity contribution >= 4 is 11.8 Å². The molecule has 0 radical (unpaired) electrons. The summed E-state index contributed by atoms with van der Waals surface area (Å²) in [5.41, 5.74) is -0.603. The molecule has 0 heterocycles. The summed E-state index contributed by atoms with van der Waals surface area (Å²) in [6.45, 7) is 14.6. The van der Waals surface area contributed by atoms with E-state index in [-0.39, 0.29) is 11.8 Å². The molecule has 0 spiro atoms. The van der Waals surface area contributed by atoms with Crippen LogP contribution in [-0.2, 0) is 9.59 Å². The molecule has 20 heavy (non-hydrogen) atoms. The molecule has 4 heteroatoms. The van der Waals surface area contributed by atoms with E-state index in [1.54, 1.807) is 18.2 Å². The molecule has 0 aromatic heterocycles. The second-order valence-electron chi connectivity index (χ2n) is 4.19. The molecule has 0 rings (SSSR count). The van der Waals surface area contributed by atoms with Gasteiger partial charge in [-0.15, -0.1) is 13.2 Å². The molecule has 0 bridgehead atoms. The minimum absolute atomic E-state index is 0.247. The summed E-state index contributed by atoms with van der Waals surface area (Å²) in [5, 5.41) is 5.49. The molecular weight excluding hydrogens is 252 g/mol. The Labute approximate surface area is 120 Å². The average Bonchev–Trinajstić information content (AvgIpc) is 2.43. The summed E-state index contributed by atoms with van der Waals surface area (Å²) in [4.78, 5) is 22.6. The van der Waals surface area contributed by atoms with E-state index in [9.17, 15) is 9.59 Å². The van der Waals surface area contributed by atoms with Crippen molar-refractivity contribution in [3.8, 4) is 0 Å². The standard InChI is InChI=1S/C16H22N2O2/c1-5-10-16(11-6-2,18-15(20)8-4)12-9-13-17-14(19)7-3/h5-9,12H,1-4,10-11,13H2,(H,17,19)(H,18,20)/b12-9+. The van der Waals surface area contributed by atoms with Gasteiger partial charge in [-0.2, -0.15) is 0 Å². The van der Waals surface area contributed by atoms with Crippen LogP contribution in [0.25, 0.3) is 0 Å². The Morgan fingerprint density at radius 1 is 0.950 bits per heavy atom. The van der Waals surface area contributed by atoms with Crippen molar-refractivity contribution in [3.63, 3.8) is 0 Å². The van der Waals surface area contributed by atoms with Crippen LogP contribution in [0.1, 0.15) is 12.8 Å². The lowest BCUT2D eigenvalue weighted by Crippen LogP contribution is -2.45. The first-order chi connectivity index (χ1) is 9.53. The number of carbonyl (C=O) groups excluding carboxylic acids is 2. The van der Waals surface area contributed by atoms with Crippen LogP contribution >= 0.6 is 0 Å². The maximum Gasteiger partial charge on any atom is 0.244 e. The van der Waals surface area contributed by atoms with Gasteiger partial charge in [-0.3, -0.25) is 9.59 Å². The third kappa shape index (κ3) is 6.54. The molecule has 0 aliphatic heterocycles. The monoisotopic (exact) mass is 274 g/mol. The van der Waals surface area contributed by atoms with Crippen molar-refractivity contribution in [1.29, 1.82) is 0 Å². The number of amides is 2. The highest BCUT2D eigenvalue weighted by molar-refractivity contribution is 5.88. The summed E-state index contributed by atoms with van der Waals surface area (Å²) in [6.07, 6.45) is 10.6. The fraction of sp³-hybridized carbons (Fsp3) is 0.250. The van der Waals surface area contributed by atoms with Crippen molar-refractivity contribution in [2.24, 2.45) is 0 Å². The average molecular weight is 274 g/mol. The van der Waals surface area contributed by atoms with Crippen LogP contribution in [0.3, 0.4) is 0 Å². The minimum Gasteiger partial charge on any atom is -0.349 e. The first kappa shape index (κ1) is 17.6. The van der Waals surface area contributed by atoms with Gasteiger partial charge in [0.1, 0.15) is 0 Å². The van der Waals surface area contributed by atoms with Crippen molar-refractivity contribution < 1.29 is 9.59 Å². The summed E-state index contributed by atoms with van der Waals surface area (Å²) >= 11 is 0. The molecule has 0 aliphatic rings. The second-order valence-corrected chi connectivity index (χ2v) is 4.19. The highest BCUT2D eigenvalue weighted by Crippen LogP contribution is 2.19. The summed E-state index contributed by atoms with van der Waals surface area (Å²) in [7, 11) is 0. The number of nitrogens with one attached hydrogen (secondary N) is 2. The zero-order chi connectivity index (χ0) is 15.4. The summed E-state index contributed by atoms with van der Waals surface area (Å²) < 4.78 is 0. The van der Waals surface area contributed by atoms with Gasteiger partial charge < -0.3 is 10.6 Å². The van der Waals surface area contributed by atoms with Gasteiger partial charge in [-0.05, 0) is 25.0 Å². The van der Waals surface area contributed by atoms with Crippen LogP contribution in [0.4, 0.5) is 0 Å². The van der Waals surface area contributed by atoms with E-state index in [0.29, 0.717) is 19.4 Å². The Bertz CT molecular complexity index is 412. The molecule has 0 saturated carbocycles. The molecule has 2 amide bonds. The van der Waals surface area contributed by atoms with Gasteiger partial charge in [-0.25, -0.2) is 0 Å². The highest BCUT2D eigenvalue weighted by Gasteiger charge is 2.25. The van der Waals surface area contributed by atoms with Crippen LogP contribution < -0.4 is 10.6 Å². The highest BCUT2D eigenvalue weighted by atomic mass is 16.2.